The molecule has 0 atom stereocenters. The summed E-state index contributed by atoms with van der Waals surface area (Å²) in [6.07, 6.45) is 0. The molecule has 0 fully saturated rings. The predicted octanol–water partition coefficient (Wildman–Crippen LogP) is 3.69. The molecule has 0 amide bonds. The molecule has 2 aromatic carbocycles. The van der Waals surface area contributed by atoms with E-state index in [2.05, 4.69) is 10.2 Å². The molecule has 0 saturated heterocycles. The number of rotatable bonds is 2. The minimum atomic E-state index is -1.91. The summed E-state index contributed by atoms with van der Waals surface area (Å²) in [5.41, 5.74) is -0.981. The number of fused-ring (bicyclic) bond motifs is 6. The highest BCUT2D eigenvalue weighted by atomic mass is 32.1. The fourth-order valence-corrected chi connectivity index (χ4v) is 4.12. The number of carbonyl (C=O) groups excluding carboxylic acids is 2. The molecule has 0 bridgehead atoms. The van der Waals surface area contributed by atoms with E-state index in [9.17, 15) is 9.59 Å². The summed E-state index contributed by atoms with van der Waals surface area (Å²) in [6, 6.07) is 9.57. The Morgan fingerprint density at radius 1 is 1.00 bits per heavy atom. The third-order valence-electron chi connectivity index (χ3n) is 4.22. The number of nitrogens with zero attached hydrogens (tertiary/aromatic N) is 2. The van der Waals surface area contributed by atoms with Crippen LogP contribution >= 0.6 is 11.3 Å². The van der Waals surface area contributed by atoms with Gasteiger partial charge in [0.05, 0.1) is 14.2 Å². The van der Waals surface area contributed by atoms with Crippen molar-refractivity contribution in [3.8, 4) is 0 Å². The van der Waals surface area contributed by atoms with Crippen molar-refractivity contribution in [2.45, 2.75) is 5.54 Å². The van der Waals surface area contributed by atoms with Gasteiger partial charge < -0.3 is 9.47 Å². The molecule has 1 aromatic heterocycles. The molecule has 0 saturated carbocycles. The van der Waals surface area contributed by atoms with Crippen molar-refractivity contribution in [3.05, 3.63) is 41.3 Å². The quantitative estimate of drug-likeness (QED) is 0.526. The van der Waals surface area contributed by atoms with E-state index in [-0.39, 0.29) is 0 Å². The summed E-state index contributed by atoms with van der Waals surface area (Å²) in [4.78, 5) is 25.1. The SMILES string of the molecule is COC(=O)C1(C(=O)OC)N=Nc2c1c1ccsc1c1ccccc21. The topological polar surface area (TPSA) is 77.3 Å². The molecular formula is C17H12N2O4S. The van der Waals surface area contributed by atoms with Crippen LogP contribution in [0.25, 0.3) is 20.9 Å². The molecule has 24 heavy (non-hydrogen) atoms. The van der Waals surface area contributed by atoms with Gasteiger partial charge in [-0.2, -0.15) is 10.2 Å². The molecule has 7 heteroatoms. The summed E-state index contributed by atoms with van der Waals surface area (Å²) >= 11 is 1.53. The number of benzene rings is 2. The lowest BCUT2D eigenvalue weighted by Gasteiger charge is -2.21. The molecule has 0 spiro atoms. The second-order valence-electron chi connectivity index (χ2n) is 5.33. The van der Waals surface area contributed by atoms with Crippen LogP contribution in [0.2, 0.25) is 0 Å². The fourth-order valence-electron chi connectivity index (χ4n) is 3.17. The average molecular weight is 340 g/mol. The van der Waals surface area contributed by atoms with E-state index in [1.54, 1.807) is 0 Å². The van der Waals surface area contributed by atoms with Crippen molar-refractivity contribution < 1.29 is 19.1 Å². The van der Waals surface area contributed by atoms with Gasteiger partial charge in [-0.1, -0.05) is 24.3 Å². The highest BCUT2D eigenvalue weighted by Crippen LogP contribution is 2.51. The number of ether oxygens (including phenoxy) is 2. The van der Waals surface area contributed by atoms with Crippen molar-refractivity contribution in [3.63, 3.8) is 0 Å². The van der Waals surface area contributed by atoms with Crippen LogP contribution in [-0.2, 0) is 24.6 Å². The molecule has 0 radical (unpaired) electrons. The van der Waals surface area contributed by atoms with Gasteiger partial charge in [-0.15, -0.1) is 11.3 Å². The predicted molar refractivity (Wildman–Crippen MR) is 89.6 cm³/mol. The second kappa shape index (κ2) is 5.10. The summed E-state index contributed by atoms with van der Waals surface area (Å²) in [5.74, 6) is -1.61. The molecule has 1 aliphatic heterocycles. The van der Waals surface area contributed by atoms with Crippen LogP contribution in [-0.4, -0.2) is 26.2 Å². The van der Waals surface area contributed by atoms with E-state index in [1.165, 1.54) is 25.6 Å². The van der Waals surface area contributed by atoms with Gasteiger partial charge in [0, 0.05) is 26.4 Å². The number of esters is 2. The van der Waals surface area contributed by atoms with Gasteiger partial charge in [-0.25, -0.2) is 9.59 Å². The minimum absolute atomic E-state index is 0.427. The first-order valence-corrected chi connectivity index (χ1v) is 8.05. The molecule has 4 rings (SSSR count). The summed E-state index contributed by atoms with van der Waals surface area (Å²) in [6.45, 7) is 0. The zero-order valence-electron chi connectivity index (χ0n) is 12.9. The smallest absolute Gasteiger partial charge is 0.352 e. The van der Waals surface area contributed by atoms with Crippen LogP contribution in [0, 0.1) is 0 Å². The Bertz CT molecular complexity index is 1020. The highest BCUT2D eigenvalue weighted by molar-refractivity contribution is 7.18. The second-order valence-corrected chi connectivity index (χ2v) is 6.24. The Hall–Kier alpha value is -2.80. The van der Waals surface area contributed by atoms with Crippen molar-refractivity contribution in [2.75, 3.05) is 14.2 Å². The van der Waals surface area contributed by atoms with Crippen LogP contribution < -0.4 is 0 Å². The Labute approximate surface area is 140 Å². The van der Waals surface area contributed by atoms with Crippen molar-refractivity contribution in [1.82, 2.24) is 0 Å². The van der Waals surface area contributed by atoms with Crippen LogP contribution in [0.3, 0.4) is 0 Å². The molecule has 0 unspecified atom stereocenters. The van der Waals surface area contributed by atoms with E-state index < -0.39 is 17.5 Å². The monoisotopic (exact) mass is 340 g/mol. The third kappa shape index (κ3) is 1.64. The maximum absolute atomic E-state index is 12.5. The van der Waals surface area contributed by atoms with Gasteiger partial charge >= 0.3 is 17.5 Å². The number of hydrogen-bond acceptors (Lipinski definition) is 7. The zero-order valence-corrected chi connectivity index (χ0v) is 13.7. The maximum atomic E-state index is 12.5. The van der Waals surface area contributed by atoms with Gasteiger partial charge in [0.1, 0.15) is 5.69 Å². The third-order valence-corrected chi connectivity index (χ3v) is 5.17. The number of azo groups is 1. The molecule has 0 aliphatic carbocycles. The van der Waals surface area contributed by atoms with Crippen molar-refractivity contribution in [2.24, 2.45) is 10.2 Å². The van der Waals surface area contributed by atoms with E-state index in [0.717, 1.165) is 20.9 Å². The first-order chi connectivity index (χ1) is 11.6. The molecule has 120 valence electrons. The first kappa shape index (κ1) is 14.8. The Morgan fingerprint density at radius 2 is 1.67 bits per heavy atom. The van der Waals surface area contributed by atoms with E-state index in [0.29, 0.717) is 11.3 Å². The summed E-state index contributed by atoms with van der Waals surface area (Å²) in [5, 5.41) is 12.7. The van der Waals surface area contributed by atoms with Crippen LogP contribution in [0.4, 0.5) is 5.69 Å². The van der Waals surface area contributed by atoms with Crippen molar-refractivity contribution >= 4 is 49.8 Å². The molecular weight excluding hydrogens is 328 g/mol. The Morgan fingerprint density at radius 3 is 2.33 bits per heavy atom. The van der Waals surface area contributed by atoms with Crippen molar-refractivity contribution in [1.29, 1.82) is 0 Å². The Balaban J connectivity index is 2.20. The van der Waals surface area contributed by atoms with E-state index in [1.807, 2.05) is 35.7 Å². The molecule has 3 aromatic rings. The lowest BCUT2D eigenvalue weighted by molar-refractivity contribution is -0.161. The van der Waals surface area contributed by atoms with Gasteiger partial charge in [0.15, 0.2) is 0 Å². The number of carbonyl (C=O) groups is 2. The van der Waals surface area contributed by atoms with Gasteiger partial charge in [-0.05, 0) is 11.4 Å². The van der Waals surface area contributed by atoms with Crippen LogP contribution in [0.15, 0.2) is 45.9 Å². The first-order valence-electron chi connectivity index (χ1n) is 7.17. The van der Waals surface area contributed by atoms with E-state index in [4.69, 9.17) is 9.47 Å². The lowest BCUT2D eigenvalue weighted by Crippen LogP contribution is -2.42. The highest BCUT2D eigenvalue weighted by Gasteiger charge is 2.56. The van der Waals surface area contributed by atoms with Crippen LogP contribution in [0.5, 0.6) is 0 Å². The number of hydrogen-bond donors (Lipinski definition) is 0. The molecule has 0 N–H and O–H groups in total. The molecule has 2 heterocycles. The number of methoxy groups -OCH3 is 2. The van der Waals surface area contributed by atoms with Gasteiger partial charge in [0.25, 0.3) is 0 Å². The Kier molecular flexibility index (Phi) is 3.14. The van der Waals surface area contributed by atoms with E-state index >= 15 is 0 Å². The normalized spacial score (nSPS) is 14.8. The summed E-state index contributed by atoms with van der Waals surface area (Å²) in [7, 11) is 2.43. The zero-order chi connectivity index (χ0) is 16.9. The average Bonchev–Trinajstić information content (AvgIpc) is 3.25. The standard InChI is InChI=1S/C17H12N2O4S/c1-22-15(20)17(16(21)23-2)12-11-7-8-24-14(11)10-6-4-3-5-9(10)13(12)18-19-17/h3-8H,1-2H3. The fraction of sp³-hybridized carbons (Fsp3) is 0.176. The molecule has 6 nitrogen and oxygen atoms in total. The lowest BCUT2D eigenvalue weighted by atomic mass is 9.86. The van der Waals surface area contributed by atoms with Gasteiger partial charge in [-0.3, -0.25) is 0 Å². The number of thiophene rings is 1. The van der Waals surface area contributed by atoms with Crippen LogP contribution in [0.1, 0.15) is 5.56 Å². The molecule has 1 aliphatic rings. The largest absolute Gasteiger partial charge is 0.466 e. The maximum Gasteiger partial charge on any atom is 0.352 e. The summed E-state index contributed by atoms with van der Waals surface area (Å²) < 4.78 is 10.7. The van der Waals surface area contributed by atoms with Gasteiger partial charge in [0.2, 0.25) is 0 Å². The minimum Gasteiger partial charge on any atom is -0.466 e.